The lowest BCUT2D eigenvalue weighted by Crippen LogP contribution is -2.13. The molecule has 3 aromatic rings. The number of para-hydroxylation sites is 1. The molecule has 2 N–H and O–H groups in total. The number of allylic oxidation sites excluding steroid dienone is 1. The van der Waals surface area contributed by atoms with E-state index < -0.39 is 0 Å². The number of nitrogens with zero attached hydrogens (tertiary/aromatic N) is 3. The van der Waals surface area contributed by atoms with Crippen molar-refractivity contribution in [3.8, 4) is 12.1 Å². The van der Waals surface area contributed by atoms with Gasteiger partial charge in [0.25, 0.3) is 0 Å². The maximum Gasteiger partial charge on any atom is 0.219 e. The van der Waals surface area contributed by atoms with Crippen molar-refractivity contribution in [2.75, 3.05) is 0 Å². The fraction of sp³-hybridized carbons (Fsp3) is 0.0952. The van der Waals surface area contributed by atoms with Crippen LogP contribution in [0.25, 0.3) is 22.6 Å². The Hall–Kier alpha value is -3.83. The average molecular weight is 340 g/mol. The molecular formula is C21H16N4O. The van der Waals surface area contributed by atoms with Crippen LogP contribution in [0.5, 0.6) is 0 Å². The van der Waals surface area contributed by atoms with Gasteiger partial charge in [-0.2, -0.15) is 10.5 Å². The Bertz CT molecular complexity index is 1080. The quantitative estimate of drug-likeness (QED) is 0.720. The van der Waals surface area contributed by atoms with E-state index in [9.17, 15) is 10.1 Å². The third-order valence-electron chi connectivity index (χ3n) is 4.16. The highest BCUT2D eigenvalue weighted by Gasteiger charge is 2.09. The van der Waals surface area contributed by atoms with Crippen molar-refractivity contribution in [1.82, 2.24) is 4.57 Å². The van der Waals surface area contributed by atoms with Gasteiger partial charge in [-0.1, -0.05) is 30.3 Å². The summed E-state index contributed by atoms with van der Waals surface area (Å²) >= 11 is 0. The van der Waals surface area contributed by atoms with Crippen molar-refractivity contribution in [3.05, 3.63) is 71.4 Å². The van der Waals surface area contributed by atoms with Gasteiger partial charge in [-0.05, 0) is 29.8 Å². The van der Waals surface area contributed by atoms with Crippen molar-refractivity contribution in [3.63, 3.8) is 0 Å². The van der Waals surface area contributed by atoms with Crippen LogP contribution in [0.3, 0.4) is 0 Å². The second kappa shape index (κ2) is 7.38. The first kappa shape index (κ1) is 17.0. The first-order chi connectivity index (χ1) is 12.6. The van der Waals surface area contributed by atoms with Gasteiger partial charge in [-0.15, -0.1) is 0 Å². The summed E-state index contributed by atoms with van der Waals surface area (Å²) in [5, 5.41) is 19.5. The maximum atomic E-state index is 11.1. The number of fused-ring (bicyclic) bond motifs is 1. The third kappa shape index (κ3) is 3.48. The minimum absolute atomic E-state index is 0.253. The fourth-order valence-corrected chi connectivity index (χ4v) is 2.87. The molecule has 3 rings (SSSR count). The summed E-state index contributed by atoms with van der Waals surface area (Å²) < 4.78 is 1.97. The summed E-state index contributed by atoms with van der Waals surface area (Å²) in [6.45, 7) is 0.489. The Labute approximate surface area is 151 Å². The number of carbonyl (C=O) groups is 1. The predicted octanol–water partition coefficient (Wildman–Crippen LogP) is 3.45. The van der Waals surface area contributed by atoms with Crippen molar-refractivity contribution < 1.29 is 4.79 Å². The summed E-state index contributed by atoms with van der Waals surface area (Å²) in [5.74, 6) is -0.352. The second-order valence-electron chi connectivity index (χ2n) is 5.87. The van der Waals surface area contributed by atoms with Gasteiger partial charge < -0.3 is 10.3 Å². The molecule has 126 valence electrons. The number of aryl methyl sites for hydroxylation is 1. The molecule has 1 amide bonds. The van der Waals surface area contributed by atoms with Crippen LogP contribution in [0.15, 0.2) is 54.7 Å². The molecule has 5 heteroatoms. The van der Waals surface area contributed by atoms with Gasteiger partial charge in [0, 0.05) is 35.6 Å². The highest BCUT2D eigenvalue weighted by Crippen LogP contribution is 2.26. The van der Waals surface area contributed by atoms with Crippen molar-refractivity contribution in [2.24, 2.45) is 5.73 Å². The smallest absolute Gasteiger partial charge is 0.219 e. The third-order valence-corrected chi connectivity index (χ3v) is 4.16. The number of hydrogen-bond acceptors (Lipinski definition) is 3. The van der Waals surface area contributed by atoms with E-state index in [1.54, 1.807) is 24.3 Å². The summed E-state index contributed by atoms with van der Waals surface area (Å²) in [6.07, 6.45) is 4.00. The summed E-state index contributed by atoms with van der Waals surface area (Å²) in [4.78, 5) is 11.1. The first-order valence-electron chi connectivity index (χ1n) is 8.11. The molecule has 26 heavy (non-hydrogen) atoms. The summed E-state index contributed by atoms with van der Waals surface area (Å²) in [7, 11) is 0. The Morgan fingerprint density at radius 3 is 2.50 bits per heavy atom. The summed E-state index contributed by atoms with van der Waals surface area (Å²) in [5.41, 5.74) is 8.95. The van der Waals surface area contributed by atoms with Gasteiger partial charge in [0.05, 0.1) is 23.3 Å². The molecule has 5 nitrogen and oxygen atoms in total. The molecule has 0 saturated heterocycles. The minimum atomic E-state index is -0.352. The van der Waals surface area contributed by atoms with E-state index in [2.05, 4.69) is 12.1 Å². The Kier molecular flexibility index (Phi) is 4.83. The molecule has 2 aromatic carbocycles. The lowest BCUT2D eigenvalue weighted by Gasteiger charge is -2.02. The molecule has 0 atom stereocenters. The van der Waals surface area contributed by atoms with E-state index in [1.165, 1.54) is 0 Å². The molecular weight excluding hydrogens is 324 g/mol. The number of benzene rings is 2. The van der Waals surface area contributed by atoms with Crippen molar-refractivity contribution in [2.45, 2.75) is 13.0 Å². The van der Waals surface area contributed by atoms with Crippen LogP contribution in [0.1, 0.15) is 23.1 Å². The second-order valence-corrected chi connectivity index (χ2v) is 5.87. The number of rotatable bonds is 5. The molecule has 0 spiro atoms. The average Bonchev–Trinajstić information content (AvgIpc) is 3.02. The molecule has 0 fully saturated rings. The summed E-state index contributed by atoms with van der Waals surface area (Å²) in [6, 6.07) is 19.0. The van der Waals surface area contributed by atoms with E-state index in [4.69, 9.17) is 11.0 Å². The van der Waals surface area contributed by atoms with Crippen LogP contribution in [0, 0.1) is 22.7 Å². The zero-order chi connectivity index (χ0) is 18.5. The Morgan fingerprint density at radius 1 is 1.12 bits per heavy atom. The molecule has 0 aliphatic carbocycles. The normalized spacial score (nSPS) is 11.1. The van der Waals surface area contributed by atoms with Gasteiger partial charge in [0.2, 0.25) is 5.91 Å². The molecule has 1 heterocycles. The number of nitrogens with two attached hydrogens (primary N) is 1. The molecule has 0 aliphatic heterocycles. The van der Waals surface area contributed by atoms with Gasteiger partial charge in [0.15, 0.2) is 0 Å². The highest BCUT2D eigenvalue weighted by molar-refractivity contribution is 5.98. The van der Waals surface area contributed by atoms with Gasteiger partial charge in [-0.3, -0.25) is 4.79 Å². The number of primary amides is 1. The molecule has 0 aliphatic rings. The highest BCUT2D eigenvalue weighted by atomic mass is 16.1. The van der Waals surface area contributed by atoms with Crippen LogP contribution >= 0.6 is 0 Å². The molecule has 0 radical (unpaired) electrons. The van der Waals surface area contributed by atoms with E-state index in [-0.39, 0.29) is 12.3 Å². The molecule has 0 bridgehead atoms. The van der Waals surface area contributed by atoms with Crippen LogP contribution < -0.4 is 5.73 Å². The molecule has 1 aromatic heterocycles. The van der Waals surface area contributed by atoms with Crippen LogP contribution in [-0.4, -0.2) is 10.5 Å². The van der Waals surface area contributed by atoms with Crippen LogP contribution in [-0.2, 0) is 11.3 Å². The Balaban J connectivity index is 2.05. The standard InChI is InChI=1S/C21H16N4O/c22-12-15-5-7-16(8-6-15)17(13-23)11-18-14-25(10-9-21(24)26)20-4-2-1-3-19(18)20/h1-8,11,14H,9-10H2,(H2,24,26). The number of amides is 1. The SMILES string of the molecule is N#CC(=Cc1cn(CCC(N)=O)c2ccccc12)c1ccc(C#N)cc1. The van der Waals surface area contributed by atoms with Gasteiger partial charge in [0.1, 0.15) is 0 Å². The largest absolute Gasteiger partial charge is 0.370 e. The lowest BCUT2D eigenvalue weighted by molar-refractivity contribution is -0.118. The monoisotopic (exact) mass is 340 g/mol. The zero-order valence-electron chi connectivity index (χ0n) is 14.0. The molecule has 0 saturated carbocycles. The van der Waals surface area contributed by atoms with Crippen molar-refractivity contribution >= 4 is 28.5 Å². The van der Waals surface area contributed by atoms with Gasteiger partial charge in [-0.25, -0.2) is 0 Å². The zero-order valence-corrected chi connectivity index (χ0v) is 14.0. The number of carbonyl (C=O) groups excluding carboxylic acids is 1. The van der Waals surface area contributed by atoms with Crippen LogP contribution in [0.4, 0.5) is 0 Å². The first-order valence-corrected chi connectivity index (χ1v) is 8.11. The molecule has 0 unspecified atom stereocenters. The maximum absolute atomic E-state index is 11.1. The van der Waals surface area contributed by atoms with E-state index in [1.807, 2.05) is 41.1 Å². The fourth-order valence-electron chi connectivity index (χ4n) is 2.87. The Morgan fingerprint density at radius 2 is 1.85 bits per heavy atom. The van der Waals surface area contributed by atoms with Crippen LogP contribution in [0.2, 0.25) is 0 Å². The van der Waals surface area contributed by atoms with Crippen molar-refractivity contribution in [1.29, 1.82) is 10.5 Å². The topological polar surface area (TPSA) is 95.6 Å². The number of hydrogen-bond donors (Lipinski definition) is 1. The number of nitriles is 2. The minimum Gasteiger partial charge on any atom is -0.370 e. The van der Waals surface area contributed by atoms with E-state index in [0.717, 1.165) is 22.0 Å². The lowest BCUT2D eigenvalue weighted by atomic mass is 10.0. The van der Waals surface area contributed by atoms with E-state index in [0.29, 0.717) is 17.7 Å². The number of aromatic nitrogens is 1. The predicted molar refractivity (Wildman–Crippen MR) is 100 cm³/mol. The van der Waals surface area contributed by atoms with E-state index >= 15 is 0 Å². The van der Waals surface area contributed by atoms with Gasteiger partial charge >= 0.3 is 0 Å².